The molecule has 0 unspecified atom stereocenters. The van der Waals surface area contributed by atoms with Gasteiger partial charge in [-0.2, -0.15) is 0 Å². The Labute approximate surface area is 131 Å². The van der Waals surface area contributed by atoms with E-state index >= 15 is 0 Å². The number of hydrogen-bond donors (Lipinski definition) is 0. The van der Waals surface area contributed by atoms with Gasteiger partial charge in [-0.25, -0.2) is 4.79 Å². The van der Waals surface area contributed by atoms with Gasteiger partial charge in [0.15, 0.2) is 5.58 Å². The molecular formula is C17H13N3O3. The zero-order chi connectivity index (χ0) is 15.8. The van der Waals surface area contributed by atoms with Crippen molar-refractivity contribution in [2.24, 2.45) is 0 Å². The van der Waals surface area contributed by atoms with Gasteiger partial charge in [0.1, 0.15) is 6.54 Å². The van der Waals surface area contributed by atoms with Crippen LogP contribution in [0.5, 0.6) is 0 Å². The molecule has 0 aliphatic heterocycles. The first-order valence-corrected chi connectivity index (χ1v) is 7.18. The van der Waals surface area contributed by atoms with Gasteiger partial charge in [-0.1, -0.05) is 29.8 Å². The van der Waals surface area contributed by atoms with Crippen LogP contribution in [0.25, 0.3) is 22.6 Å². The van der Waals surface area contributed by atoms with Gasteiger partial charge in [0.2, 0.25) is 11.8 Å². The highest BCUT2D eigenvalue weighted by Gasteiger charge is 2.13. The number of fused-ring (bicyclic) bond motifs is 1. The van der Waals surface area contributed by atoms with E-state index in [9.17, 15) is 4.79 Å². The molecule has 0 N–H and O–H groups in total. The largest absolute Gasteiger partial charge is 0.420 e. The van der Waals surface area contributed by atoms with E-state index in [0.29, 0.717) is 22.9 Å². The van der Waals surface area contributed by atoms with Crippen LogP contribution in [0.2, 0.25) is 0 Å². The van der Waals surface area contributed by atoms with Crippen molar-refractivity contribution in [2.45, 2.75) is 13.5 Å². The summed E-state index contributed by atoms with van der Waals surface area (Å²) in [6, 6.07) is 15.0. The topological polar surface area (TPSA) is 74.1 Å². The van der Waals surface area contributed by atoms with E-state index in [-0.39, 0.29) is 6.54 Å². The maximum atomic E-state index is 12.0. The second kappa shape index (κ2) is 5.24. The lowest BCUT2D eigenvalue weighted by molar-refractivity contribution is 0.461. The third kappa shape index (κ3) is 2.44. The van der Waals surface area contributed by atoms with Gasteiger partial charge < -0.3 is 8.83 Å². The molecule has 0 saturated heterocycles. The summed E-state index contributed by atoms with van der Waals surface area (Å²) < 4.78 is 12.3. The summed E-state index contributed by atoms with van der Waals surface area (Å²) in [6.07, 6.45) is 0. The van der Waals surface area contributed by atoms with E-state index in [4.69, 9.17) is 8.83 Å². The minimum atomic E-state index is -0.443. The third-order valence-electron chi connectivity index (χ3n) is 3.63. The van der Waals surface area contributed by atoms with Crippen molar-refractivity contribution in [3.63, 3.8) is 0 Å². The average molecular weight is 307 g/mol. The first kappa shape index (κ1) is 13.5. The van der Waals surface area contributed by atoms with E-state index in [0.717, 1.165) is 11.1 Å². The van der Waals surface area contributed by atoms with Crippen molar-refractivity contribution in [1.29, 1.82) is 0 Å². The van der Waals surface area contributed by atoms with Crippen LogP contribution >= 0.6 is 0 Å². The molecule has 0 radical (unpaired) electrons. The van der Waals surface area contributed by atoms with Crippen molar-refractivity contribution in [3.05, 3.63) is 70.5 Å². The number of benzene rings is 2. The fourth-order valence-electron chi connectivity index (χ4n) is 2.43. The Balaban J connectivity index is 1.68. The standard InChI is InChI=1S/C17H13N3O3/c1-11-6-8-12(9-7-11)16-19-18-15(23-16)10-20-13-4-2-3-5-14(13)22-17(20)21/h2-9H,10H2,1H3. The molecule has 0 aliphatic rings. The van der Waals surface area contributed by atoms with E-state index in [1.165, 1.54) is 4.57 Å². The minimum absolute atomic E-state index is 0.175. The highest BCUT2D eigenvalue weighted by atomic mass is 16.4. The number of aromatic nitrogens is 3. The van der Waals surface area contributed by atoms with Crippen LogP contribution < -0.4 is 5.76 Å². The molecular weight excluding hydrogens is 294 g/mol. The van der Waals surface area contributed by atoms with Crippen LogP contribution in [0, 0.1) is 6.92 Å². The zero-order valence-corrected chi connectivity index (χ0v) is 12.4. The van der Waals surface area contributed by atoms with Gasteiger partial charge in [-0.15, -0.1) is 10.2 Å². The van der Waals surface area contributed by atoms with Crippen LogP contribution in [0.1, 0.15) is 11.5 Å². The Morgan fingerprint density at radius 2 is 1.78 bits per heavy atom. The van der Waals surface area contributed by atoms with Crippen molar-refractivity contribution < 1.29 is 8.83 Å². The van der Waals surface area contributed by atoms with Crippen LogP contribution in [0.3, 0.4) is 0 Å². The molecule has 114 valence electrons. The van der Waals surface area contributed by atoms with Crippen molar-refractivity contribution >= 4 is 11.1 Å². The molecule has 0 spiro atoms. The molecule has 4 rings (SSSR count). The summed E-state index contributed by atoms with van der Waals surface area (Å²) in [4.78, 5) is 12.0. The Morgan fingerprint density at radius 1 is 1.00 bits per heavy atom. The Morgan fingerprint density at radius 3 is 2.61 bits per heavy atom. The quantitative estimate of drug-likeness (QED) is 0.581. The molecule has 6 heteroatoms. The van der Waals surface area contributed by atoms with Gasteiger partial charge >= 0.3 is 5.76 Å². The average Bonchev–Trinajstić information content (AvgIpc) is 3.14. The highest BCUT2D eigenvalue weighted by molar-refractivity contribution is 5.72. The van der Waals surface area contributed by atoms with Crippen molar-refractivity contribution in [1.82, 2.24) is 14.8 Å². The van der Waals surface area contributed by atoms with Crippen molar-refractivity contribution in [3.8, 4) is 11.5 Å². The van der Waals surface area contributed by atoms with Gasteiger partial charge in [0.05, 0.1) is 5.52 Å². The Hall–Kier alpha value is -3.15. The lowest BCUT2D eigenvalue weighted by Gasteiger charge is -1.97. The fourth-order valence-corrected chi connectivity index (χ4v) is 2.43. The summed E-state index contributed by atoms with van der Waals surface area (Å²) >= 11 is 0. The van der Waals surface area contributed by atoms with Crippen LogP contribution in [0.4, 0.5) is 0 Å². The van der Waals surface area contributed by atoms with Crippen LogP contribution in [-0.4, -0.2) is 14.8 Å². The molecule has 0 fully saturated rings. The number of hydrogen-bond acceptors (Lipinski definition) is 5. The first-order valence-electron chi connectivity index (χ1n) is 7.18. The highest BCUT2D eigenvalue weighted by Crippen LogP contribution is 2.19. The number of rotatable bonds is 3. The zero-order valence-electron chi connectivity index (χ0n) is 12.4. The lowest BCUT2D eigenvalue weighted by Crippen LogP contribution is -2.15. The first-order chi connectivity index (χ1) is 11.2. The maximum Gasteiger partial charge on any atom is 0.420 e. The molecule has 0 amide bonds. The molecule has 0 saturated carbocycles. The molecule has 2 aromatic carbocycles. The summed E-state index contributed by atoms with van der Waals surface area (Å²) in [5.41, 5.74) is 3.24. The molecule has 23 heavy (non-hydrogen) atoms. The summed E-state index contributed by atoms with van der Waals surface area (Å²) in [7, 11) is 0. The van der Waals surface area contributed by atoms with Crippen LogP contribution in [-0.2, 0) is 6.54 Å². The summed E-state index contributed by atoms with van der Waals surface area (Å²) in [5, 5.41) is 8.06. The molecule has 0 bridgehead atoms. The second-order valence-corrected chi connectivity index (χ2v) is 5.29. The Kier molecular flexibility index (Phi) is 3.08. The summed E-state index contributed by atoms with van der Waals surface area (Å²) in [5.74, 6) is 0.344. The van der Waals surface area contributed by atoms with Gasteiger partial charge in [-0.3, -0.25) is 4.57 Å². The molecule has 0 aliphatic carbocycles. The minimum Gasteiger partial charge on any atom is -0.419 e. The third-order valence-corrected chi connectivity index (χ3v) is 3.63. The van der Waals surface area contributed by atoms with Gasteiger partial charge in [0, 0.05) is 5.56 Å². The maximum absolute atomic E-state index is 12.0. The smallest absolute Gasteiger partial charge is 0.419 e. The van der Waals surface area contributed by atoms with Gasteiger partial charge in [0.25, 0.3) is 0 Å². The number of nitrogens with zero attached hydrogens (tertiary/aromatic N) is 3. The molecule has 2 heterocycles. The van der Waals surface area contributed by atoms with Crippen LogP contribution in [0.15, 0.2) is 62.2 Å². The fraction of sp³-hybridized carbons (Fsp3) is 0.118. The number of aryl methyl sites for hydroxylation is 1. The van der Waals surface area contributed by atoms with E-state index < -0.39 is 5.76 Å². The van der Waals surface area contributed by atoms with E-state index in [1.807, 2.05) is 49.4 Å². The predicted molar refractivity (Wildman–Crippen MR) is 84.0 cm³/mol. The molecule has 4 aromatic rings. The second-order valence-electron chi connectivity index (χ2n) is 5.29. The van der Waals surface area contributed by atoms with Gasteiger partial charge in [-0.05, 0) is 31.2 Å². The normalized spacial score (nSPS) is 11.2. The number of para-hydroxylation sites is 2. The predicted octanol–water partition coefficient (Wildman–Crippen LogP) is 3.00. The van der Waals surface area contributed by atoms with E-state index in [2.05, 4.69) is 10.2 Å². The monoisotopic (exact) mass is 307 g/mol. The Bertz CT molecular complexity index is 1030. The lowest BCUT2D eigenvalue weighted by atomic mass is 10.1. The van der Waals surface area contributed by atoms with E-state index in [1.54, 1.807) is 6.07 Å². The molecule has 0 atom stereocenters. The summed E-state index contributed by atoms with van der Waals surface area (Å²) in [6.45, 7) is 2.19. The SMILES string of the molecule is Cc1ccc(-c2nnc(Cn3c(=O)oc4ccccc43)o2)cc1. The number of oxazole rings is 1. The molecule has 2 aromatic heterocycles. The van der Waals surface area contributed by atoms with Crippen molar-refractivity contribution in [2.75, 3.05) is 0 Å². The molecule has 6 nitrogen and oxygen atoms in total.